The summed E-state index contributed by atoms with van der Waals surface area (Å²) in [5, 5.41) is 9.68. The van der Waals surface area contributed by atoms with Crippen molar-refractivity contribution >= 4 is 33.2 Å². The fourth-order valence-electron chi connectivity index (χ4n) is 1.10. The van der Waals surface area contributed by atoms with Crippen LogP contribution in [0.4, 0.5) is 0 Å². The number of aliphatic hydroxyl groups excluding tert-OH is 1. The molecule has 6 heteroatoms. The topological polar surface area (TPSA) is 54.4 Å². The second-order valence-corrected chi connectivity index (χ2v) is 7.22. The van der Waals surface area contributed by atoms with E-state index < -0.39 is 9.84 Å². The number of benzene rings is 1. The van der Waals surface area contributed by atoms with Crippen LogP contribution in [0.3, 0.4) is 0 Å². The van der Waals surface area contributed by atoms with Crippen LogP contribution in [0.15, 0.2) is 23.1 Å². The molecule has 0 bridgehead atoms. The lowest BCUT2D eigenvalue weighted by atomic mass is 10.2. The second-order valence-electron chi connectivity index (χ2n) is 3.39. The first-order valence-corrected chi connectivity index (χ1v) is 8.04. The Kier molecular flexibility index (Phi) is 5.11. The van der Waals surface area contributed by atoms with E-state index in [1.807, 2.05) is 0 Å². The molecule has 0 aromatic heterocycles. The van der Waals surface area contributed by atoms with Gasteiger partial charge >= 0.3 is 0 Å². The van der Waals surface area contributed by atoms with Crippen LogP contribution in [-0.2, 0) is 16.4 Å². The van der Waals surface area contributed by atoms with Crippen LogP contribution in [0.5, 0.6) is 0 Å². The predicted octanol–water partition coefficient (Wildman–Crippen LogP) is 1.97. The maximum atomic E-state index is 11.0. The molecule has 0 heterocycles. The van der Waals surface area contributed by atoms with Crippen molar-refractivity contribution in [2.75, 3.05) is 17.8 Å². The van der Waals surface area contributed by atoms with E-state index in [2.05, 4.69) is 0 Å². The number of thioether (sulfide) groups is 1. The number of rotatable bonds is 5. The van der Waals surface area contributed by atoms with Gasteiger partial charge in [0.2, 0.25) is 0 Å². The van der Waals surface area contributed by atoms with E-state index in [1.165, 1.54) is 18.0 Å². The molecule has 0 aliphatic rings. The molecule has 1 rings (SSSR count). The number of hydrogen-bond donors (Lipinski definition) is 1. The van der Waals surface area contributed by atoms with Crippen molar-refractivity contribution in [3.8, 4) is 0 Å². The molecule has 1 aromatic rings. The molecule has 0 spiro atoms. The Balaban J connectivity index is 2.69. The van der Waals surface area contributed by atoms with Crippen molar-refractivity contribution in [1.29, 1.82) is 0 Å². The van der Waals surface area contributed by atoms with E-state index in [1.54, 1.807) is 18.2 Å². The average Bonchev–Trinajstić information content (AvgIpc) is 2.16. The van der Waals surface area contributed by atoms with Gasteiger partial charge in [0.15, 0.2) is 0 Å². The van der Waals surface area contributed by atoms with E-state index in [0.29, 0.717) is 10.8 Å². The maximum absolute atomic E-state index is 11.0. The third-order valence-electron chi connectivity index (χ3n) is 1.91. The summed E-state index contributed by atoms with van der Waals surface area (Å²) in [7, 11) is -2.94. The lowest BCUT2D eigenvalue weighted by Crippen LogP contribution is -2.05. The van der Waals surface area contributed by atoms with Crippen LogP contribution in [0.1, 0.15) is 5.56 Å². The van der Waals surface area contributed by atoms with Crippen molar-refractivity contribution in [1.82, 2.24) is 0 Å². The van der Waals surface area contributed by atoms with Gasteiger partial charge in [0.1, 0.15) is 9.84 Å². The van der Waals surface area contributed by atoms with E-state index in [4.69, 9.17) is 16.7 Å². The van der Waals surface area contributed by atoms with Crippen molar-refractivity contribution in [3.63, 3.8) is 0 Å². The Hall–Kier alpha value is -0.230. The van der Waals surface area contributed by atoms with Gasteiger partial charge in [-0.25, -0.2) is 8.42 Å². The lowest BCUT2D eigenvalue weighted by Gasteiger charge is -2.07. The number of hydrogen-bond acceptors (Lipinski definition) is 4. The number of sulfone groups is 1. The molecule has 1 aromatic carbocycles. The summed E-state index contributed by atoms with van der Waals surface area (Å²) in [6, 6.07) is 5.18. The molecule has 0 aliphatic heterocycles. The van der Waals surface area contributed by atoms with Gasteiger partial charge in [-0.2, -0.15) is 0 Å². The Labute approximate surface area is 105 Å². The largest absolute Gasteiger partial charge is 0.392 e. The van der Waals surface area contributed by atoms with Gasteiger partial charge in [-0.05, 0) is 17.7 Å². The molecule has 0 saturated carbocycles. The van der Waals surface area contributed by atoms with Gasteiger partial charge in [-0.15, -0.1) is 11.8 Å². The minimum Gasteiger partial charge on any atom is -0.392 e. The quantitative estimate of drug-likeness (QED) is 0.838. The molecule has 16 heavy (non-hydrogen) atoms. The molecule has 0 aliphatic carbocycles. The standard InChI is InChI=1S/C10H13ClO3S2/c1-16(13,14)5-4-15-10-6-9(11)3-2-8(10)7-12/h2-3,6,12H,4-5,7H2,1H3. The van der Waals surface area contributed by atoms with Crippen LogP contribution >= 0.6 is 23.4 Å². The fourth-order valence-corrected chi connectivity index (χ4v) is 3.63. The van der Waals surface area contributed by atoms with Crippen molar-refractivity contribution in [3.05, 3.63) is 28.8 Å². The van der Waals surface area contributed by atoms with Gasteiger partial charge < -0.3 is 5.11 Å². The molecule has 1 N–H and O–H groups in total. The van der Waals surface area contributed by atoms with Gasteiger partial charge in [0.25, 0.3) is 0 Å². The zero-order valence-electron chi connectivity index (χ0n) is 8.81. The summed E-state index contributed by atoms with van der Waals surface area (Å²) in [5.74, 6) is 0.585. The monoisotopic (exact) mass is 280 g/mol. The Morgan fingerprint density at radius 1 is 1.44 bits per heavy atom. The van der Waals surface area contributed by atoms with Gasteiger partial charge in [0.05, 0.1) is 12.4 Å². The minimum atomic E-state index is -2.94. The third-order valence-corrected chi connectivity index (χ3v) is 4.45. The number of halogens is 1. The molecule has 3 nitrogen and oxygen atoms in total. The predicted molar refractivity (Wildman–Crippen MR) is 67.8 cm³/mol. The third kappa shape index (κ3) is 4.74. The highest BCUT2D eigenvalue weighted by molar-refractivity contribution is 8.00. The lowest BCUT2D eigenvalue weighted by molar-refractivity contribution is 0.279. The van der Waals surface area contributed by atoms with Crippen molar-refractivity contribution in [2.45, 2.75) is 11.5 Å². The Morgan fingerprint density at radius 2 is 2.12 bits per heavy atom. The maximum Gasteiger partial charge on any atom is 0.148 e. The summed E-state index contributed by atoms with van der Waals surface area (Å²) in [6.45, 7) is -0.0711. The van der Waals surface area contributed by atoms with Crippen LogP contribution < -0.4 is 0 Å². The molecule has 90 valence electrons. The molecular formula is C10H13ClO3S2. The van der Waals surface area contributed by atoms with Crippen LogP contribution in [0, 0.1) is 0 Å². The highest BCUT2D eigenvalue weighted by Gasteiger charge is 2.06. The zero-order valence-corrected chi connectivity index (χ0v) is 11.2. The van der Waals surface area contributed by atoms with E-state index in [0.717, 1.165) is 10.5 Å². The van der Waals surface area contributed by atoms with Crippen molar-refractivity contribution in [2.24, 2.45) is 0 Å². The van der Waals surface area contributed by atoms with E-state index in [9.17, 15) is 8.42 Å². The number of aliphatic hydroxyl groups is 1. The van der Waals surface area contributed by atoms with Crippen molar-refractivity contribution < 1.29 is 13.5 Å². The summed E-state index contributed by atoms with van der Waals surface area (Å²) in [4.78, 5) is 0.832. The van der Waals surface area contributed by atoms with Crippen LogP contribution in [0.2, 0.25) is 5.02 Å². The zero-order chi connectivity index (χ0) is 12.2. The van der Waals surface area contributed by atoms with Crippen LogP contribution in [0.25, 0.3) is 0 Å². The molecular weight excluding hydrogens is 268 g/mol. The first-order chi connectivity index (χ1) is 7.42. The van der Waals surface area contributed by atoms with Gasteiger partial charge in [-0.3, -0.25) is 0 Å². The molecule has 0 amide bonds. The van der Waals surface area contributed by atoms with Gasteiger partial charge in [0, 0.05) is 21.9 Å². The first kappa shape index (κ1) is 13.8. The second kappa shape index (κ2) is 5.91. The summed E-state index contributed by atoms with van der Waals surface area (Å²) in [6.07, 6.45) is 1.21. The summed E-state index contributed by atoms with van der Waals surface area (Å²) >= 11 is 7.22. The normalized spacial score (nSPS) is 11.7. The molecule has 0 radical (unpaired) electrons. The summed E-state index contributed by atoms with van der Waals surface area (Å²) in [5.41, 5.74) is 0.767. The fraction of sp³-hybridized carbons (Fsp3) is 0.400. The highest BCUT2D eigenvalue weighted by atomic mass is 35.5. The van der Waals surface area contributed by atoms with Gasteiger partial charge in [-0.1, -0.05) is 17.7 Å². The van der Waals surface area contributed by atoms with Crippen LogP contribution in [-0.4, -0.2) is 31.3 Å². The van der Waals surface area contributed by atoms with E-state index in [-0.39, 0.29) is 12.4 Å². The first-order valence-electron chi connectivity index (χ1n) is 4.62. The summed E-state index contributed by atoms with van der Waals surface area (Å²) < 4.78 is 21.9. The molecule has 0 atom stereocenters. The molecule has 0 unspecified atom stereocenters. The molecule has 0 fully saturated rings. The minimum absolute atomic E-state index is 0.0711. The highest BCUT2D eigenvalue weighted by Crippen LogP contribution is 2.26. The molecule has 0 saturated heterocycles. The van der Waals surface area contributed by atoms with E-state index >= 15 is 0 Å². The smallest absolute Gasteiger partial charge is 0.148 e. The average molecular weight is 281 g/mol. The Bertz CT molecular complexity index is 457. The SMILES string of the molecule is CS(=O)(=O)CCSc1cc(Cl)ccc1CO. The Morgan fingerprint density at radius 3 is 2.69 bits per heavy atom.